The van der Waals surface area contributed by atoms with Gasteiger partial charge in [0.05, 0.1) is 33.9 Å². The quantitative estimate of drug-likeness (QED) is 0.0160. The molecule has 3 atom stereocenters. The molecule has 0 fully saturated rings. The molecule has 0 amide bonds. The van der Waals surface area contributed by atoms with Crippen molar-refractivity contribution in [3.8, 4) is 0 Å². The highest BCUT2D eigenvalue weighted by Gasteiger charge is 2.21. The maximum Gasteiger partial charge on any atom is 0.306 e. The van der Waals surface area contributed by atoms with E-state index in [-0.39, 0.29) is 26.1 Å². The lowest BCUT2D eigenvalue weighted by molar-refractivity contribution is -0.870. The van der Waals surface area contributed by atoms with Gasteiger partial charge in [-0.25, -0.2) is 0 Å². The molecule has 61 heavy (non-hydrogen) atoms. The van der Waals surface area contributed by atoms with Crippen molar-refractivity contribution in [1.82, 2.24) is 0 Å². The van der Waals surface area contributed by atoms with Gasteiger partial charge in [0, 0.05) is 12.8 Å². The number of ether oxygens (including phenoxy) is 2. The van der Waals surface area contributed by atoms with Gasteiger partial charge in [0.25, 0.3) is 7.82 Å². The highest BCUT2D eigenvalue weighted by atomic mass is 31.2. The number of aliphatic hydroxyl groups excluding tert-OH is 1. The van der Waals surface area contributed by atoms with Gasteiger partial charge in [-0.3, -0.25) is 14.2 Å². The summed E-state index contributed by atoms with van der Waals surface area (Å²) in [5.74, 6) is -1.01. The molecule has 0 aliphatic heterocycles. The van der Waals surface area contributed by atoms with Crippen LogP contribution in [0.5, 0.6) is 0 Å². The molecule has 2 unspecified atom stereocenters. The molecule has 0 heterocycles. The van der Waals surface area contributed by atoms with Crippen molar-refractivity contribution in [2.24, 2.45) is 0 Å². The largest absolute Gasteiger partial charge is 0.756 e. The van der Waals surface area contributed by atoms with E-state index in [0.29, 0.717) is 36.7 Å². The molecule has 1 N–H and O–H groups in total. The van der Waals surface area contributed by atoms with Crippen molar-refractivity contribution in [3.63, 3.8) is 0 Å². The predicted octanol–water partition coefficient (Wildman–Crippen LogP) is 11.7. The zero-order valence-corrected chi connectivity index (χ0v) is 39.6. The molecular formula is C50H84NO9P. The van der Waals surface area contributed by atoms with Crippen LogP contribution in [0.4, 0.5) is 0 Å². The molecule has 0 aromatic rings. The van der Waals surface area contributed by atoms with E-state index in [4.69, 9.17) is 18.5 Å². The highest BCUT2D eigenvalue weighted by Crippen LogP contribution is 2.38. The number of phosphoric ester groups is 1. The maximum absolute atomic E-state index is 12.7. The SMILES string of the molecule is CCCCC/C=C\C/C=C\C/C=C\C/C=C\CCCCCC(=O)O[C@H](COC(=O)CCC/C=C/C=C\C(O)C/C=C\C/C=C\CCCCC)COP(=O)([O-])OCC[N+](C)(C)C. The van der Waals surface area contributed by atoms with E-state index in [0.717, 1.165) is 51.4 Å². The van der Waals surface area contributed by atoms with Crippen LogP contribution >= 0.6 is 7.82 Å². The summed E-state index contributed by atoms with van der Waals surface area (Å²) >= 11 is 0. The Morgan fingerprint density at radius 1 is 0.607 bits per heavy atom. The number of phosphoric acid groups is 1. The number of hydrogen-bond donors (Lipinski definition) is 1. The zero-order chi connectivity index (χ0) is 45.1. The van der Waals surface area contributed by atoms with Crippen molar-refractivity contribution in [2.75, 3.05) is 47.5 Å². The second-order valence-electron chi connectivity index (χ2n) is 16.3. The highest BCUT2D eigenvalue weighted by molar-refractivity contribution is 7.45. The maximum atomic E-state index is 12.7. The number of carbonyl (C=O) groups is 2. The first-order valence-corrected chi connectivity index (χ1v) is 24.5. The molecule has 11 heteroatoms. The first-order valence-electron chi connectivity index (χ1n) is 23.1. The van der Waals surface area contributed by atoms with Gasteiger partial charge in [0.1, 0.15) is 19.8 Å². The summed E-state index contributed by atoms with van der Waals surface area (Å²) in [6.07, 6.45) is 50.3. The topological polar surface area (TPSA) is 131 Å². The first-order chi connectivity index (χ1) is 29.4. The Bertz CT molecular complexity index is 1370. The molecule has 348 valence electrons. The van der Waals surface area contributed by atoms with Crippen LogP contribution in [0.15, 0.2) is 97.2 Å². The first kappa shape index (κ1) is 57.9. The second kappa shape index (κ2) is 40.9. The van der Waals surface area contributed by atoms with Crippen molar-refractivity contribution in [2.45, 2.75) is 161 Å². The van der Waals surface area contributed by atoms with Crippen LogP contribution in [0.2, 0.25) is 0 Å². The van der Waals surface area contributed by atoms with Gasteiger partial charge in [-0.15, -0.1) is 0 Å². The molecular weight excluding hydrogens is 790 g/mol. The van der Waals surface area contributed by atoms with Crippen LogP contribution < -0.4 is 4.89 Å². The molecule has 0 bridgehead atoms. The number of quaternary nitrogens is 1. The number of unbranched alkanes of at least 4 members (excludes halogenated alkanes) is 10. The molecule has 0 aromatic carbocycles. The Balaban J connectivity index is 4.59. The van der Waals surface area contributed by atoms with Gasteiger partial charge in [0.2, 0.25) is 0 Å². The number of likely N-dealkylation sites (N-methyl/N-ethyl adjacent to an activating group) is 1. The number of aliphatic hydroxyl groups is 1. The monoisotopic (exact) mass is 874 g/mol. The number of rotatable bonds is 40. The molecule has 0 spiro atoms. The summed E-state index contributed by atoms with van der Waals surface area (Å²) in [6, 6.07) is 0. The van der Waals surface area contributed by atoms with Gasteiger partial charge < -0.3 is 33.0 Å². The minimum atomic E-state index is -4.68. The third-order valence-electron chi connectivity index (χ3n) is 9.16. The summed E-state index contributed by atoms with van der Waals surface area (Å²) in [5, 5.41) is 10.1. The van der Waals surface area contributed by atoms with Crippen molar-refractivity contribution >= 4 is 19.8 Å². The number of carbonyl (C=O) groups excluding carboxylic acids is 2. The van der Waals surface area contributed by atoms with E-state index in [1.165, 1.54) is 44.9 Å². The predicted molar refractivity (Wildman–Crippen MR) is 251 cm³/mol. The average Bonchev–Trinajstić information content (AvgIpc) is 3.21. The lowest BCUT2D eigenvalue weighted by atomic mass is 10.1. The Hall–Kier alpha value is -3.11. The summed E-state index contributed by atoms with van der Waals surface area (Å²) in [7, 11) is 1.05. The van der Waals surface area contributed by atoms with Crippen LogP contribution in [0.25, 0.3) is 0 Å². The van der Waals surface area contributed by atoms with Gasteiger partial charge in [-0.1, -0.05) is 143 Å². The van der Waals surface area contributed by atoms with Crippen molar-refractivity contribution < 1.29 is 47.2 Å². The second-order valence-corrected chi connectivity index (χ2v) is 17.7. The summed E-state index contributed by atoms with van der Waals surface area (Å²) in [6.45, 7) is 3.94. The zero-order valence-electron chi connectivity index (χ0n) is 38.7. The van der Waals surface area contributed by atoms with Crippen molar-refractivity contribution in [1.29, 1.82) is 0 Å². The van der Waals surface area contributed by atoms with Crippen LogP contribution in [0, 0.1) is 0 Å². The molecule has 0 aromatic heterocycles. The third-order valence-corrected chi connectivity index (χ3v) is 10.1. The number of nitrogens with zero attached hydrogens (tertiary/aromatic N) is 1. The van der Waals surface area contributed by atoms with Crippen LogP contribution in [0.3, 0.4) is 0 Å². The molecule has 10 nitrogen and oxygen atoms in total. The fourth-order valence-corrected chi connectivity index (χ4v) is 6.20. The number of allylic oxidation sites excluding steroid dienone is 14. The van der Waals surface area contributed by atoms with Gasteiger partial charge >= 0.3 is 11.9 Å². The Morgan fingerprint density at radius 2 is 1.11 bits per heavy atom. The Kier molecular flexibility index (Phi) is 38.8. The van der Waals surface area contributed by atoms with Crippen LogP contribution in [-0.4, -0.2) is 81.2 Å². The van der Waals surface area contributed by atoms with E-state index in [9.17, 15) is 24.2 Å². The fourth-order valence-electron chi connectivity index (χ4n) is 5.47. The molecule has 0 radical (unpaired) electrons. The number of hydrogen-bond acceptors (Lipinski definition) is 9. The summed E-state index contributed by atoms with van der Waals surface area (Å²) in [5.41, 5.74) is 0. The van der Waals surface area contributed by atoms with Crippen molar-refractivity contribution in [3.05, 3.63) is 97.2 Å². The molecule has 0 aliphatic rings. The Morgan fingerprint density at radius 3 is 1.67 bits per heavy atom. The van der Waals surface area contributed by atoms with Gasteiger partial charge in [0.15, 0.2) is 6.10 Å². The smallest absolute Gasteiger partial charge is 0.306 e. The van der Waals surface area contributed by atoms with Crippen LogP contribution in [-0.2, 0) is 32.7 Å². The van der Waals surface area contributed by atoms with E-state index >= 15 is 0 Å². The fraction of sp³-hybridized carbons (Fsp3) is 0.640. The number of esters is 2. The van der Waals surface area contributed by atoms with E-state index < -0.39 is 38.6 Å². The van der Waals surface area contributed by atoms with E-state index in [1.54, 1.807) is 12.2 Å². The minimum Gasteiger partial charge on any atom is -0.756 e. The Labute approximate surface area is 371 Å². The third kappa shape index (κ3) is 44.7. The standard InChI is InChI=1S/C50H84NO9P/c1-6-8-10-12-14-16-17-18-19-20-21-22-23-24-25-27-29-33-38-42-50(54)60-48(46-59-61(55,56)58-44-43-51(3,4)5)45-57-49(53)41-37-34-30-32-36-40-47(52)39-35-31-28-26-15-13-11-9-7-2/h14-16,18-19,21-22,24-26,30-32,35-36,40,47-48,52H,6-13,17,20,23,27-29,33-34,37-39,41-46H2,1-5H3/b16-14-,19-18-,22-21-,25-24-,26-15-,32-30+,35-31-,40-36-/t47?,48-/m1/s1. The average molecular weight is 874 g/mol. The lowest BCUT2D eigenvalue weighted by Crippen LogP contribution is -2.37. The van der Waals surface area contributed by atoms with Gasteiger partial charge in [-0.2, -0.15) is 0 Å². The molecule has 0 saturated heterocycles. The minimum absolute atomic E-state index is 0.0652. The summed E-state index contributed by atoms with van der Waals surface area (Å²) < 4.78 is 33.8. The summed E-state index contributed by atoms with van der Waals surface area (Å²) in [4.78, 5) is 37.6. The van der Waals surface area contributed by atoms with Crippen LogP contribution in [0.1, 0.15) is 149 Å². The molecule has 0 saturated carbocycles. The molecule has 0 aliphatic carbocycles. The van der Waals surface area contributed by atoms with E-state index in [2.05, 4.69) is 80.7 Å². The molecule has 0 rings (SSSR count). The lowest BCUT2D eigenvalue weighted by Gasteiger charge is -2.28. The normalized spacial score (nSPS) is 14.9. The van der Waals surface area contributed by atoms with E-state index in [1.807, 2.05) is 39.4 Å². The van der Waals surface area contributed by atoms with Gasteiger partial charge in [-0.05, 0) is 89.9 Å².